The van der Waals surface area contributed by atoms with E-state index in [-0.39, 0.29) is 0 Å². The van der Waals surface area contributed by atoms with Crippen molar-refractivity contribution in [1.29, 1.82) is 0 Å². The van der Waals surface area contributed by atoms with Gasteiger partial charge in [-0.15, -0.1) is 11.8 Å². The largest absolute Gasteiger partial charge is 0.768 e. The van der Waals surface area contributed by atoms with E-state index in [1.54, 1.807) is 12.1 Å². The molecule has 3 nitrogen and oxygen atoms in total. The fourth-order valence-corrected chi connectivity index (χ4v) is 2.80. The molecular formula is C9H9O3S2-. The lowest BCUT2D eigenvalue weighted by atomic mass is 10.4. The Morgan fingerprint density at radius 1 is 1.57 bits per heavy atom. The second kappa shape index (κ2) is 4.44. The zero-order chi connectivity index (χ0) is 9.97. The number of thioether (sulfide) groups is 1. The third-order valence-corrected chi connectivity index (χ3v) is 3.91. The molecule has 1 fully saturated rings. The molecule has 76 valence electrons. The van der Waals surface area contributed by atoms with Crippen LogP contribution < -0.4 is 0 Å². The molecule has 0 spiro atoms. The van der Waals surface area contributed by atoms with Gasteiger partial charge in [0, 0.05) is 15.5 Å². The first-order chi connectivity index (χ1) is 6.77. The second-order valence-corrected chi connectivity index (χ2v) is 4.92. The molecule has 0 N–H and O–H groups in total. The van der Waals surface area contributed by atoms with Gasteiger partial charge in [-0.25, -0.2) is 0 Å². The van der Waals surface area contributed by atoms with Crippen molar-refractivity contribution in [1.82, 2.24) is 0 Å². The van der Waals surface area contributed by atoms with E-state index in [0.29, 0.717) is 11.0 Å². The van der Waals surface area contributed by atoms with Crippen LogP contribution in [0.1, 0.15) is 0 Å². The summed E-state index contributed by atoms with van der Waals surface area (Å²) in [4.78, 5) is 1.18. The van der Waals surface area contributed by atoms with E-state index in [1.165, 1.54) is 11.8 Å². The minimum absolute atomic E-state index is 0.313. The normalized spacial score (nSPS) is 21.9. The molecule has 0 aliphatic carbocycles. The van der Waals surface area contributed by atoms with Gasteiger partial charge in [-0.2, -0.15) is 0 Å². The predicted molar refractivity (Wildman–Crippen MR) is 54.1 cm³/mol. The van der Waals surface area contributed by atoms with Crippen molar-refractivity contribution in [3.05, 3.63) is 24.3 Å². The van der Waals surface area contributed by atoms with Gasteiger partial charge in [-0.05, 0) is 23.2 Å². The van der Waals surface area contributed by atoms with Gasteiger partial charge in [0.2, 0.25) is 0 Å². The smallest absolute Gasteiger partial charge is 0.0903 e. The maximum atomic E-state index is 10.8. The van der Waals surface area contributed by atoms with Gasteiger partial charge in [0.1, 0.15) is 0 Å². The van der Waals surface area contributed by atoms with Crippen LogP contribution in [0.4, 0.5) is 0 Å². The number of benzene rings is 1. The number of epoxide rings is 1. The molecule has 0 bridgehead atoms. The lowest BCUT2D eigenvalue weighted by Crippen LogP contribution is -1.94. The van der Waals surface area contributed by atoms with Crippen LogP contribution in [0.5, 0.6) is 0 Å². The molecule has 2 rings (SSSR count). The Morgan fingerprint density at radius 2 is 2.29 bits per heavy atom. The Kier molecular flexibility index (Phi) is 3.22. The summed E-state index contributed by atoms with van der Waals surface area (Å²) in [5, 5.41) is 0. The summed E-state index contributed by atoms with van der Waals surface area (Å²) >= 11 is -0.619. The zero-order valence-electron chi connectivity index (χ0n) is 7.34. The molecule has 5 heteroatoms. The summed E-state index contributed by atoms with van der Waals surface area (Å²) < 4.78 is 26.7. The van der Waals surface area contributed by atoms with Gasteiger partial charge in [-0.3, -0.25) is 4.21 Å². The van der Waals surface area contributed by atoms with Crippen LogP contribution >= 0.6 is 11.8 Å². The second-order valence-electron chi connectivity index (χ2n) is 2.95. The molecule has 0 radical (unpaired) electrons. The van der Waals surface area contributed by atoms with Gasteiger partial charge < -0.3 is 9.29 Å². The van der Waals surface area contributed by atoms with Crippen molar-refractivity contribution in [2.24, 2.45) is 0 Å². The summed E-state index contributed by atoms with van der Waals surface area (Å²) in [6.07, 6.45) is 0.313. The lowest BCUT2D eigenvalue weighted by molar-refractivity contribution is 0.426. The van der Waals surface area contributed by atoms with Gasteiger partial charge >= 0.3 is 0 Å². The summed E-state index contributed by atoms with van der Waals surface area (Å²) in [6.45, 7) is 0.801. The Bertz CT molecular complexity index is 350. The van der Waals surface area contributed by atoms with E-state index in [4.69, 9.17) is 4.74 Å². The fourth-order valence-electron chi connectivity index (χ4n) is 1.05. The molecule has 2 unspecified atom stereocenters. The Balaban J connectivity index is 2.09. The monoisotopic (exact) mass is 229 g/mol. The Labute approximate surface area is 89.1 Å². The van der Waals surface area contributed by atoms with E-state index in [2.05, 4.69) is 0 Å². The van der Waals surface area contributed by atoms with E-state index < -0.39 is 11.1 Å². The number of rotatable bonds is 4. The highest BCUT2D eigenvalue weighted by molar-refractivity contribution is 7.99. The quantitative estimate of drug-likeness (QED) is 0.445. The third kappa shape index (κ3) is 2.57. The topological polar surface area (TPSA) is 52.7 Å². The van der Waals surface area contributed by atoms with Crippen LogP contribution in [-0.2, 0) is 15.8 Å². The summed E-state index contributed by atoms with van der Waals surface area (Å²) in [7, 11) is 0. The van der Waals surface area contributed by atoms with Crippen molar-refractivity contribution in [2.75, 3.05) is 12.4 Å². The standard InChI is InChI=1S/C9H10O3S2/c10-14(11)9-4-2-1-3-8(9)13-6-7-5-12-7/h1-4,7H,5-6H2,(H,10,11)/p-1. The van der Waals surface area contributed by atoms with E-state index >= 15 is 0 Å². The average Bonchev–Trinajstić information content (AvgIpc) is 2.98. The molecule has 1 aromatic carbocycles. The van der Waals surface area contributed by atoms with Crippen LogP contribution in [0.25, 0.3) is 0 Å². The molecule has 1 heterocycles. The van der Waals surface area contributed by atoms with Crippen molar-refractivity contribution in [3.63, 3.8) is 0 Å². The highest BCUT2D eigenvalue weighted by Gasteiger charge is 2.22. The van der Waals surface area contributed by atoms with Gasteiger partial charge in [-0.1, -0.05) is 12.1 Å². The minimum atomic E-state index is -2.15. The minimum Gasteiger partial charge on any atom is -0.768 e. The SMILES string of the molecule is O=S([O-])c1ccccc1SCC1CO1. The first-order valence-corrected chi connectivity index (χ1v) is 6.26. The van der Waals surface area contributed by atoms with Crippen LogP contribution in [0, 0.1) is 0 Å². The van der Waals surface area contributed by atoms with E-state index in [9.17, 15) is 8.76 Å². The molecule has 0 aromatic heterocycles. The molecule has 14 heavy (non-hydrogen) atoms. The van der Waals surface area contributed by atoms with Crippen LogP contribution in [0.15, 0.2) is 34.1 Å². The molecular weight excluding hydrogens is 220 g/mol. The molecule has 2 atom stereocenters. The van der Waals surface area contributed by atoms with Crippen molar-refractivity contribution in [2.45, 2.75) is 15.9 Å². The van der Waals surface area contributed by atoms with Gasteiger partial charge in [0.15, 0.2) is 0 Å². The number of hydrogen-bond acceptors (Lipinski definition) is 4. The van der Waals surface area contributed by atoms with Crippen LogP contribution in [0.2, 0.25) is 0 Å². The van der Waals surface area contributed by atoms with E-state index in [0.717, 1.165) is 17.3 Å². The summed E-state index contributed by atoms with van der Waals surface area (Å²) in [5.41, 5.74) is 0. The van der Waals surface area contributed by atoms with Crippen molar-refractivity contribution in [3.8, 4) is 0 Å². The molecule has 0 amide bonds. The molecule has 0 saturated carbocycles. The Hall–Kier alpha value is -0.360. The summed E-state index contributed by atoms with van der Waals surface area (Å²) in [6, 6.07) is 6.99. The molecule has 1 aliphatic rings. The van der Waals surface area contributed by atoms with E-state index in [1.807, 2.05) is 12.1 Å². The fraction of sp³-hybridized carbons (Fsp3) is 0.333. The molecule has 1 aliphatic heterocycles. The summed E-state index contributed by atoms with van der Waals surface area (Å²) in [5.74, 6) is 0.828. The first-order valence-electron chi connectivity index (χ1n) is 4.20. The number of hydrogen-bond donors (Lipinski definition) is 0. The highest BCUT2D eigenvalue weighted by atomic mass is 32.2. The third-order valence-electron chi connectivity index (χ3n) is 1.86. The predicted octanol–water partition coefficient (Wildman–Crippen LogP) is 1.42. The van der Waals surface area contributed by atoms with Crippen molar-refractivity contribution < 1.29 is 13.5 Å². The van der Waals surface area contributed by atoms with Crippen LogP contribution in [-0.4, -0.2) is 27.2 Å². The maximum Gasteiger partial charge on any atom is 0.0903 e. The lowest BCUT2D eigenvalue weighted by Gasteiger charge is -2.10. The molecule has 1 saturated heterocycles. The molecule has 1 aromatic rings. The van der Waals surface area contributed by atoms with Crippen LogP contribution in [0.3, 0.4) is 0 Å². The zero-order valence-corrected chi connectivity index (χ0v) is 8.98. The van der Waals surface area contributed by atoms with Gasteiger partial charge in [0.05, 0.1) is 12.7 Å². The van der Waals surface area contributed by atoms with Gasteiger partial charge in [0.25, 0.3) is 0 Å². The van der Waals surface area contributed by atoms with Crippen molar-refractivity contribution >= 4 is 22.8 Å². The Morgan fingerprint density at radius 3 is 2.93 bits per heavy atom. The number of ether oxygens (including phenoxy) is 1. The highest BCUT2D eigenvalue weighted by Crippen LogP contribution is 2.28. The maximum absolute atomic E-state index is 10.8. The average molecular weight is 229 g/mol. The first kappa shape index (κ1) is 10.2.